The molecule has 2 rings (SSSR count). The number of phenolic OH excluding ortho intramolecular Hbond substituents is 1. The summed E-state index contributed by atoms with van der Waals surface area (Å²) >= 11 is 0. The van der Waals surface area contributed by atoms with Crippen molar-refractivity contribution in [2.45, 2.75) is 19.4 Å². The highest BCUT2D eigenvalue weighted by molar-refractivity contribution is 5.94. The average Bonchev–Trinajstić information content (AvgIpc) is 2.47. The van der Waals surface area contributed by atoms with Crippen LogP contribution in [0.4, 0.5) is 4.39 Å². The predicted molar refractivity (Wildman–Crippen MR) is 78.7 cm³/mol. The number of benzene rings is 1. The minimum Gasteiger partial charge on any atom is -0.508 e. The summed E-state index contributed by atoms with van der Waals surface area (Å²) in [5.41, 5.74) is 5.66. The van der Waals surface area contributed by atoms with Gasteiger partial charge in [0.15, 0.2) is 0 Å². The lowest BCUT2D eigenvalue weighted by Crippen LogP contribution is -2.58. The summed E-state index contributed by atoms with van der Waals surface area (Å²) in [4.78, 5) is 16.2. The van der Waals surface area contributed by atoms with Gasteiger partial charge in [-0.15, -0.1) is 0 Å². The molecule has 116 valence electrons. The van der Waals surface area contributed by atoms with Gasteiger partial charge in [-0.05, 0) is 26.0 Å². The van der Waals surface area contributed by atoms with Gasteiger partial charge in [-0.25, -0.2) is 4.39 Å². The molecule has 0 radical (unpaired) electrons. The van der Waals surface area contributed by atoms with E-state index in [0.29, 0.717) is 19.6 Å². The molecule has 5 nitrogen and oxygen atoms in total. The highest BCUT2D eigenvalue weighted by atomic mass is 19.1. The summed E-state index contributed by atoms with van der Waals surface area (Å²) in [5, 5.41) is 9.20. The van der Waals surface area contributed by atoms with Crippen molar-refractivity contribution < 1.29 is 14.3 Å². The largest absolute Gasteiger partial charge is 0.508 e. The zero-order valence-corrected chi connectivity index (χ0v) is 12.5. The SMILES string of the molecule is CC(C)(CN)N1CCN(C(=O)c2ccc(O)cc2F)CC1. The molecular formula is C15H22FN3O2. The van der Waals surface area contributed by atoms with Gasteiger partial charge >= 0.3 is 0 Å². The van der Waals surface area contributed by atoms with Gasteiger partial charge in [-0.1, -0.05) is 0 Å². The van der Waals surface area contributed by atoms with Gasteiger partial charge < -0.3 is 15.7 Å². The van der Waals surface area contributed by atoms with Crippen LogP contribution in [0.2, 0.25) is 0 Å². The van der Waals surface area contributed by atoms with Crippen molar-refractivity contribution in [1.82, 2.24) is 9.80 Å². The summed E-state index contributed by atoms with van der Waals surface area (Å²) < 4.78 is 13.7. The molecule has 3 N–H and O–H groups in total. The zero-order valence-electron chi connectivity index (χ0n) is 12.5. The van der Waals surface area contributed by atoms with Crippen LogP contribution in [0.25, 0.3) is 0 Å². The van der Waals surface area contributed by atoms with Crippen LogP contribution in [-0.2, 0) is 0 Å². The third kappa shape index (κ3) is 3.33. The maximum absolute atomic E-state index is 13.7. The number of piperazine rings is 1. The fraction of sp³-hybridized carbons (Fsp3) is 0.533. The van der Waals surface area contributed by atoms with Crippen LogP contribution in [0, 0.1) is 5.82 Å². The van der Waals surface area contributed by atoms with E-state index in [4.69, 9.17) is 5.73 Å². The third-order valence-corrected chi connectivity index (χ3v) is 4.11. The summed E-state index contributed by atoms with van der Waals surface area (Å²) in [7, 11) is 0. The Balaban J connectivity index is 2.03. The van der Waals surface area contributed by atoms with Gasteiger partial charge in [0.25, 0.3) is 5.91 Å². The molecule has 0 aromatic heterocycles. The summed E-state index contributed by atoms with van der Waals surface area (Å²) in [6.07, 6.45) is 0. The topological polar surface area (TPSA) is 69.8 Å². The maximum atomic E-state index is 13.7. The van der Waals surface area contributed by atoms with Gasteiger partial charge in [0.1, 0.15) is 11.6 Å². The van der Waals surface area contributed by atoms with Crippen molar-refractivity contribution in [3.05, 3.63) is 29.6 Å². The Morgan fingerprint density at radius 1 is 1.33 bits per heavy atom. The Morgan fingerprint density at radius 3 is 2.48 bits per heavy atom. The van der Waals surface area contributed by atoms with E-state index in [0.717, 1.165) is 19.2 Å². The molecule has 1 amide bonds. The summed E-state index contributed by atoms with van der Waals surface area (Å²) in [6, 6.07) is 3.61. The Labute approximate surface area is 124 Å². The number of amides is 1. The number of halogens is 1. The van der Waals surface area contributed by atoms with Gasteiger partial charge in [0.05, 0.1) is 5.56 Å². The van der Waals surface area contributed by atoms with Gasteiger partial charge in [-0.3, -0.25) is 9.69 Å². The van der Waals surface area contributed by atoms with Crippen molar-refractivity contribution in [3.63, 3.8) is 0 Å². The van der Waals surface area contributed by atoms with Crippen LogP contribution in [0.1, 0.15) is 24.2 Å². The summed E-state index contributed by atoms with van der Waals surface area (Å²) in [6.45, 7) is 7.22. The van der Waals surface area contributed by atoms with E-state index < -0.39 is 5.82 Å². The van der Waals surface area contributed by atoms with Crippen LogP contribution in [0.15, 0.2) is 18.2 Å². The van der Waals surface area contributed by atoms with Crippen molar-refractivity contribution in [3.8, 4) is 5.75 Å². The van der Waals surface area contributed by atoms with E-state index in [2.05, 4.69) is 18.7 Å². The molecule has 0 atom stereocenters. The van der Waals surface area contributed by atoms with Crippen molar-refractivity contribution in [1.29, 1.82) is 0 Å². The Morgan fingerprint density at radius 2 is 1.95 bits per heavy atom. The first kappa shape index (κ1) is 15.7. The molecule has 1 aromatic rings. The highest BCUT2D eigenvalue weighted by Gasteiger charge is 2.31. The van der Waals surface area contributed by atoms with Crippen molar-refractivity contribution in [2.75, 3.05) is 32.7 Å². The van der Waals surface area contributed by atoms with E-state index in [-0.39, 0.29) is 22.8 Å². The van der Waals surface area contributed by atoms with E-state index in [1.807, 2.05) is 0 Å². The molecule has 1 heterocycles. The lowest BCUT2D eigenvalue weighted by Gasteiger charge is -2.43. The standard InChI is InChI=1S/C15H22FN3O2/c1-15(2,10-17)19-7-5-18(6-8-19)14(21)12-4-3-11(20)9-13(12)16/h3-4,9,20H,5-8,10,17H2,1-2H3. The lowest BCUT2D eigenvalue weighted by atomic mass is 10.0. The first-order valence-electron chi connectivity index (χ1n) is 7.08. The minimum atomic E-state index is -0.690. The average molecular weight is 295 g/mol. The maximum Gasteiger partial charge on any atom is 0.256 e. The third-order valence-electron chi connectivity index (χ3n) is 4.11. The lowest BCUT2D eigenvalue weighted by molar-refractivity contribution is 0.0423. The second-order valence-electron chi connectivity index (χ2n) is 5.96. The molecular weight excluding hydrogens is 273 g/mol. The molecule has 0 aliphatic carbocycles. The molecule has 1 saturated heterocycles. The minimum absolute atomic E-state index is 0.000616. The number of nitrogens with two attached hydrogens (primary N) is 1. The molecule has 0 bridgehead atoms. The number of carbonyl (C=O) groups excluding carboxylic acids is 1. The fourth-order valence-corrected chi connectivity index (χ4v) is 2.49. The summed E-state index contributed by atoms with van der Waals surface area (Å²) in [5.74, 6) is -1.21. The van der Waals surface area contributed by atoms with E-state index in [9.17, 15) is 14.3 Å². The molecule has 1 aliphatic heterocycles. The quantitative estimate of drug-likeness (QED) is 0.874. The molecule has 0 unspecified atom stereocenters. The van der Waals surface area contributed by atoms with Crippen molar-refractivity contribution >= 4 is 5.91 Å². The Bertz CT molecular complexity index is 526. The highest BCUT2D eigenvalue weighted by Crippen LogP contribution is 2.20. The van der Waals surface area contributed by atoms with Crippen molar-refractivity contribution in [2.24, 2.45) is 5.73 Å². The number of hydrogen-bond acceptors (Lipinski definition) is 4. The second kappa shape index (κ2) is 5.99. The van der Waals surface area contributed by atoms with E-state index in [1.54, 1.807) is 4.90 Å². The predicted octanol–water partition coefficient (Wildman–Crippen LogP) is 1.03. The van der Waals surface area contributed by atoms with Gasteiger partial charge in [0, 0.05) is 44.3 Å². The number of nitrogens with zero attached hydrogens (tertiary/aromatic N) is 2. The zero-order chi connectivity index (χ0) is 15.6. The van der Waals surface area contributed by atoms with Crippen LogP contribution < -0.4 is 5.73 Å². The number of carbonyl (C=O) groups is 1. The number of hydrogen-bond donors (Lipinski definition) is 2. The second-order valence-corrected chi connectivity index (χ2v) is 5.96. The smallest absolute Gasteiger partial charge is 0.256 e. The molecule has 1 fully saturated rings. The van der Waals surface area contributed by atoms with Crippen LogP contribution >= 0.6 is 0 Å². The number of rotatable bonds is 3. The molecule has 1 aromatic carbocycles. The Kier molecular flexibility index (Phi) is 4.49. The Hall–Kier alpha value is -1.66. The van der Waals surface area contributed by atoms with Crippen LogP contribution in [0.3, 0.4) is 0 Å². The van der Waals surface area contributed by atoms with Crippen LogP contribution in [-0.4, -0.2) is 59.1 Å². The molecule has 0 spiro atoms. The molecule has 0 saturated carbocycles. The first-order chi connectivity index (χ1) is 9.85. The van der Waals surface area contributed by atoms with Gasteiger partial charge in [0.2, 0.25) is 0 Å². The first-order valence-corrected chi connectivity index (χ1v) is 7.08. The van der Waals surface area contributed by atoms with Crippen LogP contribution in [0.5, 0.6) is 5.75 Å². The van der Waals surface area contributed by atoms with E-state index in [1.165, 1.54) is 12.1 Å². The normalized spacial score (nSPS) is 17.0. The molecule has 6 heteroatoms. The monoisotopic (exact) mass is 295 g/mol. The number of phenols is 1. The molecule has 1 aliphatic rings. The molecule has 21 heavy (non-hydrogen) atoms. The van der Waals surface area contributed by atoms with Gasteiger partial charge in [-0.2, -0.15) is 0 Å². The fourth-order valence-electron chi connectivity index (χ4n) is 2.49. The number of aromatic hydroxyl groups is 1. The van der Waals surface area contributed by atoms with E-state index >= 15 is 0 Å².